The van der Waals surface area contributed by atoms with Crippen LogP contribution in [0.2, 0.25) is 0 Å². The van der Waals surface area contributed by atoms with Crippen LogP contribution in [0, 0.1) is 17.3 Å². The summed E-state index contributed by atoms with van der Waals surface area (Å²) in [4.78, 5) is 95.0. The van der Waals surface area contributed by atoms with E-state index >= 15 is 0 Å². The molecule has 7 N–H and O–H groups in total. The number of unbranched alkanes of at least 4 members (excludes halogenated alkanes) is 1. The Labute approximate surface area is 457 Å². The molecular weight excluding hydrogens is 999 g/mol. The number of anilines is 1. The molecule has 1 aliphatic rings. The molecule has 76 heavy (non-hydrogen) atoms. The number of hydrogen-bond acceptors (Lipinski definition) is 14. The van der Waals surface area contributed by atoms with Crippen molar-refractivity contribution in [2.45, 2.75) is 166 Å². The maximum absolute atomic E-state index is 12.3. The van der Waals surface area contributed by atoms with E-state index in [2.05, 4.69) is 82.0 Å². The molecule has 0 aliphatic carbocycles. The topological polar surface area (TPSA) is 279 Å². The molecule has 1 heterocycles. The van der Waals surface area contributed by atoms with Crippen molar-refractivity contribution in [3.63, 3.8) is 0 Å². The average Bonchev–Trinajstić information content (AvgIpc) is 3.68. The number of hydrogen-bond donors (Lipinski definition) is 7. The minimum absolute atomic E-state index is 0.0483. The highest BCUT2D eigenvalue weighted by Gasteiger charge is 2.31. The number of aldehydes is 1. The summed E-state index contributed by atoms with van der Waals surface area (Å²) in [7, 11) is 0.777. The van der Waals surface area contributed by atoms with Crippen molar-refractivity contribution in [3.05, 3.63) is 42.0 Å². The zero-order valence-corrected chi connectivity index (χ0v) is 49.4. The summed E-state index contributed by atoms with van der Waals surface area (Å²) in [5.41, 5.74) is 0.690. The quantitative estimate of drug-likeness (QED) is 0.0269. The van der Waals surface area contributed by atoms with Gasteiger partial charge in [-0.05, 0) is 102 Å². The summed E-state index contributed by atoms with van der Waals surface area (Å²) in [5, 5.41) is 31.1. The highest BCUT2D eigenvalue weighted by molar-refractivity contribution is 7.84. The van der Waals surface area contributed by atoms with Crippen molar-refractivity contribution in [2.75, 3.05) is 76.9 Å². The summed E-state index contributed by atoms with van der Waals surface area (Å²) in [6.45, 7) is 26.6. The van der Waals surface area contributed by atoms with Crippen LogP contribution in [0.4, 0.5) is 10.5 Å². The van der Waals surface area contributed by atoms with Crippen LogP contribution < -0.4 is 26.6 Å². The third-order valence-corrected chi connectivity index (χ3v) is 11.5. The SMILES string of the molecule is CC(C)(CCO)C(=O)NC(CCCCNC(=O)CCO)C(=O)NCC=O.CC(C)CCN1C(=O)C=CC1=O.CC(C)CCOC(C)C.CCC.CCCN(CCS(C)=O)C(=O)OCc1ccc(NC(=O)C(C)NC)cc1. The smallest absolute Gasteiger partial charge is 0.410 e. The van der Waals surface area contributed by atoms with Gasteiger partial charge in [-0.25, -0.2) is 4.79 Å². The number of carbonyl (C=O) groups excluding carboxylic acids is 8. The highest BCUT2D eigenvalue weighted by atomic mass is 32.2. The molecule has 1 aromatic carbocycles. The molecule has 2 rings (SSSR count). The summed E-state index contributed by atoms with van der Waals surface area (Å²) in [6, 6.07) is 6.07. The number of imide groups is 1. The van der Waals surface area contributed by atoms with Crippen LogP contribution in [0.1, 0.15) is 146 Å². The Bertz CT molecular complexity index is 1820. The first kappa shape index (κ1) is 75.1. The number of nitrogens with zero attached hydrogens (tertiary/aromatic N) is 2. The van der Waals surface area contributed by atoms with E-state index in [0.717, 1.165) is 30.9 Å². The van der Waals surface area contributed by atoms with Gasteiger partial charge in [0, 0.05) is 91.9 Å². The lowest BCUT2D eigenvalue weighted by Gasteiger charge is -2.26. The van der Waals surface area contributed by atoms with Crippen molar-refractivity contribution >= 4 is 64.3 Å². The van der Waals surface area contributed by atoms with E-state index in [1.54, 1.807) is 63.2 Å². The Morgan fingerprint density at radius 2 is 1.42 bits per heavy atom. The van der Waals surface area contributed by atoms with Gasteiger partial charge in [-0.2, -0.15) is 0 Å². The predicted molar refractivity (Wildman–Crippen MR) is 301 cm³/mol. The van der Waals surface area contributed by atoms with Crippen LogP contribution in [0.15, 0.2) is 36.4 Å². The van der Waals surface area contributed by atoms with Gasteiger partial charge in [-0.15, -0.1) is 0 Å². The molecule has 0 spiro atoms. The number of rotatable bonds is 31. The van der Waals surface area contributed by atoms with Gasteiger partial charge in [0.2, 0.25) is 23.6 Å². The zero-order chi connectivity index (χ0) is 58.6. The molecule has 20 nitrogen and oxygen atoms in total. The second kappa shape index (κ2) is 46.0. The second-order valence-electron chi connectivity index (χ2n) is 19.8. The molecule has 0 bridgehead atoms. The molecule has 0 saturated carbocycles. The van der Waals surface area contributed by atoms with Gasteiger partial charge in [0.15, 0.2) is 0 Å². The molecule has 3 atom stereocenters. The van der Waals surface area contributed by atoms with E-state index in [9.17, 15) is 42.6 Å². The molecule has 3 unspecified atom stereocenters. The van der Waals surface area contributed by atoms with Gasteiger partial charge < -0.3 is 56.0 Å². The van der Waals surface area contributed by atoms with Gasteiger partial charge >= 0.3 is 6.09 Å². The van der Waals surface area contributed by atoms with Gasteiger partial charge in [0.25, 0.3) is 11.8 Å². The number of carbonyl (C=O) groups is 8. The maximum Gasteiger partial charge on any atom is 0.410 e. The number of amides is 7. The Morgan fingerprint density at radius 3 is 1.91 bits per heavy atom. The van der Waals surface area contributed by atoms with E-state index in [-0.39, 0.29) is 74.8 Å². The van der Waals surface area contributed by atoms with E-state index in [1.807, 2.05) is 6.92 Å². The monoisotopic (exact) mass is 1100 g/mol. The van der Waals surface area contributed by atoms with Crippen LogP contribution in [0.25, 0.3) is 0 Å². The number of aliphatic hydroxyl groups excluding tert-OH is 2. The number of ether oxygens (including phenoxy) is 2. The van der Waals surface area contributed by atoms with Crippen molar-refractivity contribution < 1.29 is 62.3 Å². The molecule has 7 amide bonds. The van der Waals surface area contributed by atoms with E-state index < -0.39 is 34.3 Å². The molecule has 0 fully saturated rings. The number of likely N-dealkylation sites (N-methyl/N-ethyl adjacent to an activating group) is 1. The maximum atomic E-state index is 12.3. The van der Waals surface area contributed by atoms with Crippen LogP contribution >= 0.6 is 0 Å². The zero-order valence-electron chi connectivity index (χ0n) is 48.6. The summed E-state index contributed by atoms with van der Waals surface area (Å²) in [5.74, 6) is 0.205. The van der Waals surface area contributed by atoms with E-state index in [0.29, 0.717) is 75.2 Å². The van der Waals surface area contributed by atoms with Gasteiger partial charge in [0.05, 0.1) is 25.3 Å². The van der Waals surface area contributed by atoms with Crippen LogP contribution in [0.5, 0.6) is 0 Å². The van der Waals surface area contributed by atoms with Gasteiger partial charge in [-0.3, -0.25) is 37.9 Å². The van der Waals surface area contributed by atoms with Crippen LogP contribution in [-0.4, -0.2) is 162 Å². The summed E-state index contributed by atoms with van der Waals surface area (Å²) < 4.78 is 21.9. The van der Waals surface area contributed by atoms with Crippen molar-refractivity contribution in [1.82, 2.24) is 31.1 Å². The third kappa shape index (κ3) is 40.2. The van der Waals surface area contributed by atoms with Crippen LogP contribution in [0.3, 0.4) is 0 Å². The Hall–Kier alpha value is -5.09. The van der Waals surface area contributed by atoms with Crippen LogP contribution in [-0.2, 0) is 60.4 Å². The summed E-state index contributed by atoms with van der Waals surface area (Å²) in [6.07, 6.45) is 10.8. The molecule has 1 aromatic rings. The summed E-state index contributed by atoms with van der Waals surface area (Å²) >= 11 is 0. The number of aliphatic hydroxyl groups is 2. The first-order valence-corrected chi connectivity index (χ1v) is 28.5. The van der Waals surface area contributed by atoms with E-state index in [4.69, 9.17) is 19.7 Å². The molecule has 0 saturated heterocycles. The fraction of sp³-hybridized carbons (Fsp3) is 0.709. The average molecular weight is 1100 g/mol. The first-order valence-electron chi connectivity index (χ1n) is 26.7. The van der Waals surface area contributed by atoms with E-state index in [1.165, 1.54) is 29.9 Å². The molecule has 0 aromatic heterocycles. The third-order valence-electron chi connectivity index (χ3n) is 10.7. The van der Waals surface area contributed by atoms with Crippen molar-refractivity contribution in [3.8, 4) is 0 Å². The molecule has 21 heteroatoms. The Balaban J connectivity index is -0.000000989. The fourth-order valence-corrected chi connectivity index (χ4v) is 6.33. The van der Waals surface area contributed by atoms with Gasteiger partial charge in [0.1, 0.15) is 18.9 Å². The standard InChI is InChI=1S/C18H29N3O4S.C17H31N3O6.C9H13NO2.C8H18O.C3H8/c1-5-10-21(11-12-26(4)24)18(23)25-13-15-6-8-16(9-7-15)20-17(22)14(2)19-3;1-17(2,7-11-22)16(26)20-13(15(25)19-9-12-23)5-3-4-8-18-14(24)6-10-21;1-7(2)5-6-10-8(11)3-4-9(10)12;1-7(2)5-6-9-8(3)4;1-3-2/h6-9,14,19H,5,10-13H2,1-4H3,(H,20,22);12-13,21-22H,3-11H2,1-2H3,(H,18,24)(H,19,25)(H,20,26);3-4,7H,5-6H2,1-2H3;7-8H,5-6H2,1-4H3;3H2,1-2H3. The van der Waals surface area contributed by atoms with Crippen molar-refractivity contribution in [1.29, 1.82) is 0 Å². The lowest BCUT2D eigenvalue weighted by atomic mass is 9.88. The van der Waals surface area contributed by atoms with Gasteiger partial charge in [-0.1, -0.05) is 80.9 Å². The molecule has 1 aliphatic heterocycles. The number of nitrogens with one attached hydrogen (secondary N) is 5. The predicted octanol–water partition coefficient (Wildman–Crippen LogP) is 5.66. The number of benzene rings is 1. The minimum atomic E-state index is -0.947. The highest BCUT2D eigenvalue weighted by Crippen LogP contribution is 2.20. The normalized spacial score (nSPS) is 12.8. The fourth-order valence-electron chi connectivity index (χ4n) is 5.86. The lowest BCUT2D eigenvalue weighted by Crippen LogP contribution is -2.50. The molecule has 438 valence electrons. The lowest BCUT2D eigenvalue weighted by molar-refractivity contribution is -0.137. The Kier molecular flexibility index (Phi) is 45.5. The minimum Gasteiger partial charge on any atom is -0.445 e. The molecular formula is C55H99N7O13S. The second-order valence-corrected chi connectivity index (χ2v) is 21.3. The Morgan fingerprint density at radius 1 is 0.829 bits per heavy atom. The largest absolute Gasteiger partial charge is 0.445 e. The molecule has 0 radical (unpaired) electrons. The van der Waals surface area contributed by atoms with Crippen molar-refractivity contribution in [2.24, 2.45) is 17.3 Å². The first-order chi connectivity index (χ1) is 35.8.